The van der Waals surface area contributed by atoms with E-state index in [4.69, 9.17) is 12.2 Å². The highest BCUT2D eigenvalue weighted by atomic mass is 16.3. The molecule has 1 rings (SSSR count). The Balaban J connectivity index is 2.48. The van der Waals surface area contributed by atoms with E-state index in [0.717, 1.165) is 12.0 Å². The van der Waals surface area contributed by atoms with E-state index in [1.54, 1.807) is 12.1 Å². The van der Waals surface area contributed by atoms with Crippen molar-refractivity contribution in [2.75, 3.05) is 5.73 Å². The number of terminal acetylenes is 1. The van der Waals surface area contributed by atoms with Crippen molar-refractivity contribution in [3.05, 3.63) is 29.8 Å². The number of unbranched alkanes of at least 4 members (excludes halogenated alkanes) is 1. The lowest BCUT2D eigenvalue weighted by Crippen LogP contribution is -1.97. The Morgan fingerprint density at radius 1 is 1.36 bits per heavy atom. The average molecular weight is 189 g/mol. The van der Waals surface area contributed by atoms with Crippen LogP contribution in [0.2, 0.25) is 0 Å². The van der Waals surface area contributed by atoms with Crippen LogP contribution < -0.4 is 5.73 Å². The summed E-state index contributed by atoms with van der Waals surface area (Å²) >= 11 is 0. The topological polar surface area (TPSA) is 46.2 Å². The molecule has 2 heteroatoms. The molecule has 0 saturated carbocycles. The Bertz CT molecular complexity index is 310. The van der Waals surface area contributed by atoms with Crippen molar-refractivity contribution in [3.8, 4) is 12.3 Å². The van der Waals surface area contributed by atoms with Crippen LogP contribution in [0.15, 0.2) is 24.3 Å². The highest BCUT2D eigenvalue weighted by Crippen LogP contribution is 2.19. The van der Waals surface area contributed by atoms with Crippen LogP contribution in [0.5, 0.6) is 0 Å². The molecule has 0 radical (unpaired) electrons. The molecule has 0 aliphatic carbocycles. The van der Waals surface area contributed by atoms with Gasteiger partial charge in [-0.25, -0.2) is 0 Å². The molecule has 1 aromatic carbocycles. The summed E-state index contributed by atoms with van der Waals surface area (Å²) in [5.74, 6) is 2.55. The third kappa shape index (κ3) is 3.12. The molecule has 0 saturated heterocycles. The molecular weight excluding hydrogens is 174 g/mol. The summed E-state index contributed by atoms with van der Waals surface area (Å²) < 4.78 is 0. The lowest BCUT2D eigenvalue weighted by molar-refractivity contribution is 0.165. The van der Waals surface area contributed by atoms with E-state index < -0.39 is 6.10 Å². The van der Waals surface area contributed by atoms with E-state index in [2.05, 4.69) is 5.92 Å². The van der Waals surface area contributed by atoms with Gasteiger partial charge in [0.25, 0.3) is 0 Å². The summed E-state index contributed by atoms with van der Waals surface area (Å²) in [5, 5.41) is 9.73. The summed E-state index contributed by atoms with van der Waals surface area (Å²) in [6.45, 7) is 0. The summed E-state index contributed by atoms with van der Waals surface area (Å²) in [6, 6.07) is 7.27. The molecule has 14 heavy (non-hydrogen) atoms. The third-order valence-electron chi connectivity index (χ3n) is 2.12. The zero-order valence-electron chi connectivity index (χ0n) is 8.11. The molecule has 0 bridgehead atoms. The van der Waals surface area contributed by atoms with Gasteiger partial charge in [0, 0.05) is 12.1 Å². The molecule has 1 unspecified atom stereocenters. The first-order valence-electron chi connectivity index (χ1n) is 4.71. The van der Waals surface area contributed by atoms with Gasteiger partial charge in [0.05, 0.1) is 6.10 Å². The first-order chi connectivity index (χ1) is 6.74. The van der Waals surface area contributed by atoms with E-state index in [1.165, 1.54) is 0 Å². The molecule has 0 aliphatic heterocycles. The van der Waals surface area contributed by atoms with Crippen molar-refractivity contribution in [1.29, 1.82) is 0 Å². The Labute approximate surface area is 84.8 Å². The standard InChI is InChI=1S/C12H15NO/c1-2-3-4-5-12(14)10-6-8-11(13)9-7-10/h1,6-9,12,14H,3-5,13H2. The van der Waals surface area contributed by atoms with Gasteiger partial charge in [-0.2, -0.15) is 0 Å². The van der Waals surface area contributed by atoms with Crippen molar-refractivity contribution in [2.45, 2.75) is 25.4 Å². The maximum atomic E-state index is 9.73. The molecule has 0 aromatic heterocycles. The van der Waals surface area contributed by atoms with Crippen LogP contribution in [0, 0.1) is 12.3 Å². The normalized spacial score (nSPS) is 12.0. The van der Waals surface area contributed by atoms with Gasteiger partial charge >= 0.3 is 0 Å². The fourth-order valence-electron chi connectivity index (χ4n) is 1.28. The monoisotopic (exact) mass is 189 g/mol. The zero-order valence-corrected chi connectivity index (χ0v) is 8.11. The Hall–Kier alpha value is -1.46. The first-order valence-corrected chi connectivity index (χ1v) is 4.71. The fraction of sp³-hybridized carbons (Fsp3) is 0.333. The summed E-state index contributed by atoms with van der Waals surface area (Å²) in [7, 11) is 0. The Morgan fingerprint density at radius 2 is 2.00 bits per heavy atom. The highest BCUT2D eigenvalue weighted by molar-refractivity contribution is 5.39. The largest absolute Gasteiger partial charge is 0.399 e. The Kier molecular flexibility index (Phi) is 4.03. The number of hydrogen-bond donors (Lipinski definition) is 2. The molecule has 1 atom stereocenters. The van der Waals surface area contributed by atoms with Gasteiger partial charge < -0.3 is 10.8 Å². The van der Waals surface area contributed by atoms with Gasteiger partial charge in [-0.3, -0.25) is 0 Å². The molecule has 0 amide bonds. The molecule has 0 aliphatic rings. The van der Waals surface area contributed by atoms with E-state index in [9.17, 15) is 5.11 Å². The fourth-order valence-corrected chi connectivity index (χ4v) is 1.28. The van der Waals surface area contributed by atoms with Crippen LogP contribution in [0.4, 0.5) is 5.69 Å². The summed E-state index contributed by atoms with van der Waals surface area (Å²) in [4.78, 5) is 0. The van der Waals surface area contributed by atoms with E-state index in [1.807, 2.05) is 12.1 Å². The summed E-state index contributed by atoms with van der Waals surface area (Å²) in [5.41, 5.74) is 7.15. The molecular formula is C12H15NO. The minimum absolute atomic E-state index is 0.427. The number of anilines is 1. The van der Waals surface area contributed by atoms with Gasteiger partial charge in [0.2, 0.25) is 0 Å². The molecule has 74 valence electrons. The van der Waals surface area contributed by atoms with Crippen molar-refractivity contribution in [2.24, 2.45) is 0 Å². The van der Waals surface area contributed by atoms with Crippen LogP contribution in [-0.2, 0) is 0 Å². The number of aliphatic hydroxyl groups excluding tert-OH is 1. The molecule has 0 heterocycles. The maximum absolute atomic E-state index is 9.73. The molecule has 3 N–H and O–H groups in total. The first kappa shape index (κ1) is 10.6. The van der Waals surface area contributed by atoms with Gasteiger partial charge in [0.1, 0.15) is 0 Å². The highest BCUT2D eigenvalue weighted by Gasteiger charge is 2.05. The van der Waals surface area contributed by atoms with Crippen LogP contribution in [0.25, 0.3) is 0 Å². The van der Waals surface area contributed by atoms with Gasteiger partial charge in [-0.1, -0.05) is 12.1 Å². The molecule has 2 nitrogen and oxygen atoms in total. The molecule has 0 spiro atoms. The van der Waals surface area contributed by atoms with Crippen LogP contribution in [0.1, 0.15) is 30.9 Å². The third-order valence-corrected chi connectivity index (χ3v) is 2.12. The predicted octanol–water partition coefficient (Wildman–Crippen LogP) is 2.11. The van der Waals surface area contributed by atoms with Gasteiger partial charge in [-0.05, 0) is 30.5 Å². The minimum Gasteiger partial charge on any atom is -0.399 e. The molecule has 1 aromatic rings. The van der Waals surface area contributed by atoms with Crippen molar-refractivity contribution >= 4 is 5.69 Å². The second-order valence-corrected chi connectivity index (χ2v) is 3.28. The SMILES string of the molecule is C#CCCCC(O)c1ccc(N)cc1. The lowest BCUT2D eigenvalue weighted by Gasteiger charge is -2.09. The van der Waals surface area contributed by atoms with Crippen LogP contribution in [0.3, 0.4) is 0 Å². The number of benzene rings is 1. The number of hydrogen-bond acceptors (Lipinski definition) is 2. The van der Waals surface area contributed by atoms with Crippen LogP contribution in [-0.4, -0.2) is 5.11 Å². The predicted molar refractivity (Wildman–Crippen MR) is 58.5 cm³/mol. The smallest absolute Gasteiger partial charge is 0.0790 e. The van der Waals surface area contributed by atoms with Crippen LogP contribution >= 0.6 is 0 Å². The Morgan fingerprint density at radius 3 is 2.57 bits per heavy atom. The number of nitrogens with two attached hydrogens (primary N) is 1. The van der Waals surface area contributed by atoms with Gasteiger partial charge in [0.15, 0.2) is 0 Å². The van der Waals surface area contributed by atoms with Crippen molar-refractivity contribution in [1.82, 2.24) is 0 Å². The van der Waals surface area contributed by atoms with Gasteiger partial charge in [-0.15, -0.1) is 12.3 Å². The summed E-state index contributed by atoms with van der Waals surface area (Å²) in [6.07, 6.45) is 6.96. The van der Waals surface area contributed by atoms with E-state index >= 15 is 0 Å². The number of nitrogen functional groups attached to an aromatic ring is 1. The number of aliphatic hydroxyl groups is 1. The van der Waals surface area contributed by atoms with Crippen molar-refractivity contribution < 1.29 is 5.11 Å². The van der Waals surface area contributed by atoms with E-state index in [-0.39, 0.29) is 0 Å². The number of rotatable bonds is 4. The second kappa shape index (κ2) is 5.31. The molecule has 0 fully saturated rings. The maximum Gasteiger partial charge on any atom is 0.0790 e. The zero-order chi connectivity index (χ0) is 10.4. The van der Waals surface area contributed by atoms with Crippen molar-refractivity contribution in [3.63, 3.8) is 0 Å². The van der Waals surface area contributed by atoms with E-state index in [0.29, 0.717) is 18.5 Å². The lowest BCUT2D eigenvalue weighted by atomic mass is 10.0. The quantitative estimate of drug-likeness (QED) is 0.433. The second-order valence-electron chi connectivity index (χ2n) is 3.28. The average Bonchev–Trinajstić information content (AvgIpc) is 2.19. The minimum atomic E-state index is -0.427.